The first-order valence-electron chi connectivity index (χ1n) is 9.27. The number of hydrazine groups is 1. The zero-order valence-electron chi connectivity index (χ0n) is 15.7. The number of carbonyl (C=O) groups excluding carboxylic acids is 1. The maximum Gasteiger partial charge on any atom is 0.262 e. The third kappa shape index (κ3) is 6.02. The topological polar surface area (TPSA) is 62.4 Å². The second kappa shape index (κ2) is 10.2. The smallest absolute Gasteiger partial charge is 0.262 e. The average molecular weight is 376 g/mol. The maximum absolute atomic E-state index is 12.0. The van der Waals surface area contributed by atoms with Gasteiger partial charge in [0.2, 0.25) is 0 Å². The van der Waals surface area contributed by atoms with Crippen LogP contribution in [0.1, 0.15) is 45.6 Å². The van der Waals surface area contributed by atoms with E-state index in [1.165, 1.54) is 18.9 Å². The Balaban J connectivity index is 1.80. The zero-order chi connectivity index (χ0) is 18.9. The number of carbonyl (C=O) groups is 1. The first-order chi connectivity index (χ1) is 12.5. The number of benzene rings is 1. The highest BCUT2D eigenvalue weighted by atomic mass is 32.1. The molecule has 5 nitrogen and oxygen atoms in total. The largest absolute Gasteiger partial charge is 0.493 e. The standard InChI is InChI=1S/C20H29N3O2S/c1-4-25-18-11-6-5-9-16(18)12-13-19(24)22-23-20(26)21-17-10-7-8-14(2)15(17)3/h5-6,9,11-15,17H,4,7-8,10H2,1-3H3,(H,22,24)(H2,21,23,26)/b13-12+/t14-,15+,17-/m1/s1. The lowest BCUT2D eigenvalue weighted by Gasteiger charge is -2.35. The van der Waals surface area contributed by atoms with Gasteiger partial charge in [0.15, 0.2) is 5.11 Å². The van der Waals surface area contributed by atoms with Crippen LogP contribution in [0.25, 0.3) is 6.08 Å². The highest BCUT2D eigenvalue weighted by Gasteiger charge is 2.27. The molecule has 142 valence electrons. The van der Waals surface area contributed by atoms with Gasteiger partial charge in [-0.2, -0.15) is 0 Å². The van der Waals surface area contributed by atoms with Crippen LogP contribution < -0.4 is 20.9 Å². The molecule has 0 unspecified atom stereocenters. The van der Waals surface area contributed by atoms with Crippen LogP contribution in [-0.2, 0) is 4.79 Å². The Hall–Kier alpha value is -2.08. The normalized spacial score (nSPS) is 22.7. The van der Waals surface area contributed by atoms with E-state index in [-0.39, 0.29) is 5.91 Å². The monoisotopic (exact) mass is 375 g/mol. The minimum Gasteiger partial charge on any atom is -0.493 e. The minimum absolute atomic E-state index is 0.273. The zero-order valence-corrected chi connectivity index (χ0v) is 16.6. The van der Waals surface area contributed by atoms with Gasteiger partial charge in [0.25, 0.3) is 5.91 Å². The fourth-order valence-electron chi connectivity index (χ4n) is 3.22. The average Bonchev–Trinajstić information content (AvgIpc) is 2.63. The molecule has 3 atom stereocenters. The van der Waals surface area contributed by atoms with Crippen LogP contribution in [0, 0.1) is 11.8 Å². The van der Waals surface area contributed by atoms with Crippen molar-refractivity contribution < 1.29 is 9.53 Å². The van der Waals surface area contributed by atoms with Crippen molar-refractivity contribution in [2.45, 2.75) is 46.1 Å². The third-order valence-electron chi connectivity index (χ3n) is 4.96. The lowest BCUT2D eigenvalue weighted by atomic mass is 9.78. The van der Waals surface area contributed by atoms with Crippen molar-refractivity contribution in [3.05, 3.63) is 35.9 Å². The third-order valence-corrected chi connectivity index (χ3v) is 5.18. The van der Waals surface area contributed by atoms with Gasteiger partial charge in [-0.15, -0.1) is 0 Å². The predicted molar refractivity (Wildman–Crippen MR) is 110 cm³/mol. The second-order valence-corrected chi connectivity index (χ2v) is 7.17. The van der Waals surface area contributed by atoms with Crippen LogP contribution in [-0.4, -0.2) is 23.7 Å². The van der Waals surface area contributed by atoms with Crippen LogP contribution in [0.2, 0.25) is 0 Å². The van der Waals surface area contributed by atoms with Gasteiger partial charge in [0.05, 0.1) is 6.61 Å². The number of hydrogen-bond acceptors (Lipinski definition) is 3. The molecule has 26 heavy (non-hydrogen) atoms. The van der Waals surface area contributed by atoms with Crippen LogP contribution in [0.4, 0.5) is 0 Å². The Labute approximate surface area is 161 Å². The number of hydrogen-bond donors (Lipinski definition) is 3. The van der Waals surface area contributed by atoms with E-state index in [9.17, 15) is 4.79 Å². The van der Waals surface area contributed by atoms with E-state index in [0.29, 0.717) is 29.6 Å². The van der Waals surface area contributed by atoms with E-state index in [4.69, 9.17) is 17.0 Å². The van der Waals surface area contributed by atoms with Gasteiger partial charge < -0.3 is 10.1 Å². The summed E-state index contributed by atoms with van der Waals surface area (Å²) in [4.78, 5) is 12.0. The van der Waals surface area contributed by atoms with Gasteiger partial charge in [0, 0.05) is 17.7 Å². The fourth-order valence-corrected chi connectivity index (χ4v) is 3.42. The Morgan fingerprint density at radius 3 is 2.81 bits per heavy atom. The SMILES string of the molecule is CCOc1ccccc1/C=C/C(=O)NNC(=S)N[C@@H]1CCC[C@@H](C)[C@@H]1C. The number of nitrogens with one attached hydrogen (secondary N) is 3. The number of rotatable bonds is 5. The van der Waals surface area contributed by atoms with Gasteiger partial charge in [-0.3, -0.25) is 15.6 Å². The second-order valence-electron chi connectivity index (χ2n) is 6.77. The molecule has 2 rings (SSSR count). The summed E-state index contributed by atoms with van der Waals surface area (Å²) in [7, 11) is 0. The first kappa shape index (κ1) is 20.2. The molecule has 1 fully saturated rings. The summed E-state index contributed by atoms with van der Waals surface area (Å²) in [5, 5.41) is 3.77. The quantitative estimate of drug-likeness (QED) is 0.418. The molecular formula is C20H29N3O2S. The van der Waals surface area contributed by atoms with E-state index in [2.05, 4.69) is 30.0 Å². The first-order valence-corrected chi connectivity index (χ1v) is 9.68. The van der Waals surface area contributed by atoms with Crippen LogP contribution in [0.15, 0.2) is 30.3 Å². The molecule has 0 aliphatic heterocycles. The van der Waals surface area contributed by atoms with E-state index in [1.54, 1.807) is 6.08 Å². The molecule has 0 heterocycles. The molecule has 0 radical (unpaired) electrons. The van der Waals surface area contributed by atoms with Crippen molar-refractivity contribution >= 4 is 29.3 Å². The predicted octanol–water partition coefficient (Wildman–Crippen LogP) is 3.42. The van der Waals surface area contributed by atoms with E-state index >= 15 is 0 Å². The Morgan fingerprint density at radius 2 is 2.04 bits per heavy atom. The summed E-state index contributed by atoms with van der Waals surface area (Å²) in [6.45, 7) is 7.04. The van der Waals surface area contributed by atoms with Gasteiger partial charge in [0.1, 0.15) is 5.75 Å². The van der Waals surface area contributed by atoms with Crippen LogP contribution in [0.3, 0.4) is 0 Å². The molecule has 1 aliphatic carbocycles. The van der Waals surface area contributed by atoms with Gasteiger partial charge in [-0.25, -0.2) is 0 Å². The van der Waals surface area contributed by atoms with Gasteiger partial charge in [-0.05, 0) is 49.5 Å². The van der Waals surface area contributed by atoms with Gasteiger partial charge in [-0.1, -0.05) is 44.9 Å². The molecule has 3 N–H and O–H groups in total. The van der Waals surface area contributed by atoms with E-state index in [0.717, 1.165) is 17.7 Å². The summed E-state index contributed by atoms with van der Waals surface area (Å²) < 4.78 is 5.54. The molecule has 1 saturated carbocycles. The van der Waals surface area contributed by atoms with E-state index in [1.807, 2.05) is 31.2 Å². The van der Waals surface area contributed by atoms with Crippen molar-refractivity contribution in [2.24, 2.45) is 11.8 Å². The molecule has 6 heteroatoms. The van der Waals surface area contributed by atoms with Crippen molar-refractivity contribution in [3.8, 4) is 5.75 Å². The van der Waals surface area contributed by atoms with Crippen molar-refractivity contribution in [2.75, 3.05) is 6.61 Å². The maximum atomic E-state index is 12.0. The Kier molecular flexibility index (Phi) is 7.91. The molecule has 1 aromatic rings. The van der Waals surface area contributed by atoms with E-state index < -0.39 is 0 Å². The molecule has 1 amide bonds. The summed E-state index contributed by atoms with van der Waals surface area (Å²) in [5.74, 6) is 1.73. The van der Waals surface area contributed by atoms with Crippen molar-refractivity contribution in [1.82, 2.24) is 16.2 Å². The molecular weight excluding hydrogens is 346 g/mol. The number of para-hydroxylation sites is 1. The number of amides is 1. The van der Waals surface area contributed by atoms with Crippen LogP contribution in [0.5, 0.6) is 5.75 Å². The summed E-state index contributed by atoms with van der Waals surface area (Å²) >= 11 is 5.30. The number of thiocarbonyl (C=S) groups is 1. The lowest BCUT2D eigenvalue weighted by molar-refractivity contribution is -0.116. The fraction of sp³-hybridized carbons (Fsp3) is 0.500. The molecule has 0 spiro atoms. The highest BCUT2D eigenvalue weighted by molar-refractivity contribution is 7.80. The Morgan fingerprint density at radius 1 is 1.27 bits per heavy atom. The lowest BCUT2D eigenvalue weighted by Crippen LogP contribution is -2.52. The van der Waals surface area contributed by atoms with Gasteiger partial charge >= 0.3 is 0 Å². The molecule has 1 aliphatic rings. The van der Waals surface area contributed by atoms with Crippen molar-refractivity contribution in [1.29, 1.82) is 0 Å². The van der Waals surface area contributed by atoms with Crippen molar-refractivity contribution in [3.63, 3.8) is 0 Å². The molecule has 0 bridgehead atoms. The molecule has 0 aromatic heterocycles. The minimum atomic E-state index is -0.273. The Bertz CT molecular complexity index is 648. The molecule has 1 aromatic carbocycles. The summed E-state index contributed by atoms with van der Waals surface area (Å²) in [6, 6.07) is 7.94. The summed E-state index contributed by atoms with van der Waals surface area (Å²) in [6.07, 6.45) is 6.77. The molecule has 0 saturated heterocycles. The highest BCUT2D eigenvalue weighted by Crippen LogP contribution is 2.29. The van der Waals surface area contributed by atoms with Crippen LogP contribution >= 0.6 is 12.2 Å². The summed E-state index contributed by atoms with van der Waals surface area (Å²) in [5.41, 5.74) is 6.24. The number of ether oxygens (including phenoxy) is 1.